The molecule has 0 amide bonds. The van der Waals surface area contributed by atoms with Crippen molar-refractivity contribution in [1.82, 2.24) is 15.0 Å². The van der Waals surface area contributed by atoms with E-state index in [9.17, 15) is 8.42 Å². The fraction of sp³-hybridized carbons (Fsp3) is 0.188. The van der Waals surface area contributed by atoms with Crippen LogP contribution in [0.3, 0.4) is 0 Å². The summed E-state index contributed by atoms with van der Waals surface area (Å²) in [6, 6.07) is 8.76. The van der Waals surface area contributed by atoms with Crippen LogP contribution in [0.2, 0.25) is 10.3 Å². The van der Waals surface area contributed by atoms with Gasteiger partial charge in [0.1, 0.15) is 11.6 Å². The van der Waals surface area contributed by atoms with Gasteiger partial charge in [0, 0.05) is 35.8 Å². The predicted octanol–water partition coefficient (Wildman–Crippen LogP) is 3.34. The summed E-state index contributed by atoms with van der Waals surface area (Å²) >= 11 is 12.0. The molecule has 2 heterocycles. The van der Waals surface area contributed by atoms with Gasteiger partial charge in [-0.15, -0.1) is 0 Å². The molecule has 1 N–H and O–H groups in total. The first-order chi connectivity index (χ1) is 12.3. The molecule has 26 heavy (non-hydrogen) atoms. The lowest BCUT2D eigenvalue weighted by molar-refractivity contribution is 0.599. The topological polar surface area (TPSA) is 88.1 Å². The monoisotopic (exact) mass is 411 g/mol. The van der Waals surface area contributed by atoms with E-state index in [1.807, 2.05) is 0 Å². The Hall–Kier alpha value is -2.16. The van der Waals surface area contributed by atoms with E-state index in [4.69, 9.17) is 23.2 Å². The van der Waals surface area contributed by atoms with Crippen molar-refractivity contribution in [3.05, 3.63) is 52.4 Å². The number of benzene rings is 1. The third-order valence-electron chi connectivity index (χ3n) is 3.74. The summed E-state index contributed by atoms with van der Waals surface area (Å²) in [6.45, 7) is 0.300. The zero-order valence-corrected chi connectivity index (χ0v) is 16.3. The Kier molecular flexibility index (Phi) is 5.17. The van der Waals surface area contributed by atoms with E-state index < -0.39 is 10.0 Å². The van der Waals surface area contributed by atoms with Crippen molar-refractivity contribution < 1.29 is 8.42 Å². The van der Waals surface area contributed by atoms with Gasteiger partial charge in [0.25, 0.3) is 0 Å². The Balaban J connectivity index is 1.95. The number of hydrogen-bond donors (Lipinski definition) is 1. The van der Waals surface area contributed by atoms with Gasteiger partial charge in [0.05, 0.1) is 11.8 Å². The van der Waals surface area contributed by atoms with Crippen LogP contribution in [0.5, 0.6) is 0 Å². The molecule has 2 aromatic heterocycles. The van der Waals surface area contributed by atoms with Gasteiger partial charge >= 0.3 is 0 Å². The Bertz CT molecular complexity index is 1070. The lowest BCUT2D eigenvalue weighted by atomic mass is 10.2. The summed E-state index contributed by atoms with van der Waals surface area (Å²) in [5.74, 6) is 0.864. The lowest BCUT2D eigenvalue weighted by Crippen LogP contribution is -2.27. The zero-order chi connectivity index (χ0) is 18.9. The first kappa shape index (κ1) is 18.6. The van der Waals surface area contributed by atoms with Crippen LogP contribution in [-0.2, 0) is 16.6 Å². The molecule has 136 valence electrons. The lowest BCUT2D eigenvalue weighted by Gasteiger charge is -2.19. The van der Waals surface area contributed by atoms with Gasteiger partial charge in [0.2, 0.25) is 15.3 Å². The first-order valence-electron chi connectivity index (χ1n) is 7.50. The molecule has 0 unspecified atom stereocenters. The van der Waals surface area contributed by atoms with E-state index in [2.05, 4.69) is 20.3 Å². The second kappa shape index (κ2) is 7.22. The SMILES string of the molecule is CN(c1ncccc1CNc1nc(Cl)nc2cc(Cl)ccc12)S(C)(=O)=O. The minimum absolute atomic E-state index is 0.0851. The zero-order valence-electron chi connectivity index (χ0n) is 13.9. The number of sulfonamides is 1. The molecule has 0 saturated carbocycles. The van der Waals surface area contributed by atoms with Crippen molar-refractivity contribution in [2.45, 2.75) is 6.54 Å². The molecule has 0 aliphatic rings. The second-order valence-electron chi connectivity index (χ2n) is 5.57. The second-order valence-corrected chi connectivity index (χ2v) is 8.36. The highest BCUT2D eigenvalue weighted by Crippen LogP contribution is 2.26. The maximum Gasteiger partial charge on any atom is 0.233 e. The summed E-state index contributed by atoms with van der Waals surface area (Å²) in [4.78, 5) is 12.6. The number of fused-ring (bicyclic) bond motifs is 1. The Morgan fingerprint density at radius 3 is 2.69 bits per heavy atom. The van der Waals surface area contributed by atoms with E-state index in [1.54, 1.807) is 36.5 Å². The van der Waals surface area contributed by atoms with Crippen molar-refractivity contribution in [3.63, 3.8) is 0 Å². The largest absolute Gasteiger partial charge is 0.365 e. The van der Waals surface area contributed by atoms with Crippen LogP contribution in [0, 0.1) is 0 Å². The molecule has 0 fully saturated rings. The molecule has 0 radical (unpaired) electrons. The van der Waals surface area contributed by atoms with E-state index in [-0.39, 0.29) is 5.28 Å². The average molecular weight is 412 g/mol. The maximum atomic E-state index is 11.8. The average Bonchev–Trinajstić information content (AvgIpc) is 2.58. The Morgan fingerprint density at radius 2 is 1.96 bits per heavy atom. The summed E-state index contributed by atoms with van der Waals surface area (Å²) < 4.78 is 24.8. The van der Waals surface area contributed by atoms with Crippen LogP contribution in [0.1, 0.15) is 5.56 Å². The summed E-state index contributed by atoms with van der Waals surface area (Å²) in [5.41, 5.74) is 1.30. The standard InChI is InChI=1S/C16H15Cl2N5O2S/c1-23(26(2,24)25)15-10(4-3-7-19-15)9-20-14-12-6-5-11(17)8-13(12)21-16(18)22-14/h3-8H,9H2,1-2H3,(H,20,21,22). The van der Waals surface area contributed by atoms with E-state index in [1.165, 1.54) is 7.05 Å². The number of pyridine rings is 1. The van der Waals surface area contributed by atoms with Gasteiger partial charge in [-0.05, 0) is 35.9 Å². The molecule has 0 spiro atoms. The summed E-state index contributed by atoms with van der Waals surface area (Å²) in [5, 5.41) is 4.55. The van der Waals surface area contributed by atoms with Gasteiger partial charge < -0.3 is 5.32 Å². The number of rotatable bonds is 5. The minimum Gasteiger partial charge on any atom is -0.365 e. The molecule has 0 bridgehead atoms. The molecule has 0 saturated heterocycles. The highest BCUT2D eigenvalue weighted by molar-refractivity contribution is 7.92. The fourth-order valence-electron chi connectivity index (χ4n) is 2.40. The molecular weight excluding hydrogens is 397 g/mol. The van der Waals surface area contributed by atoms with Crippen LogP contribution in [0.25, 0.3) is 10.9 Å². The summed E-state index contributed by atoms with van der Waals surface area (Å²) in [7, 11) is -1.97. The highest BCUT2D eigenvalue weighted by Gasteiger charge is 2.17. The third kappa shape index (κ3) is 3.98. The van der Waals surface area contributed by atoms with Crippen molar-refractivity contribution in [2.24, 2.45) is 0 Å². The highest BCUT2D eigenvalue weighted by atomic mass is 35.5. The van der Waals surface area contributed by atoms with Crippen LogP contribution >= 0.6 is 23.2 Å². The van der Waals surface area contributed by atoms with Crippen molar-refractivity contribution in [1.29, 1.82) is 0 Å². The Labute approximate surface area is 161 Å². The molecule has 3 aromatic rings. The van der Waals surface area contributed by atoms with Crippen molar-refractivity contribution >= 4 is 55.8 Å². The van der Waals surface area contributed by atoms with Gasteiger partial charge in [-0.25, -0.2) is 23.4 Å². The Morgan fingerprint density at radius 1 is 1.19 bits per heavy atom. The van der Waals surface area contributed by atoms with E-state index >= 15 is 0 Å². The van der Waals surface area contributed by atoms with Gasteiger partial charge in [-0.1, -0.05) is 17.7 Å². The van der Waals surface area contributed by atoms with E-state index in [0.717, 1.165) is 15.9 Å². The van der Waals surface area contributed by atoms with Gasteiger partial charge in [-0.2, -0.15) is 0 Å². The fourth-order valence-corrected chi connectivity index (χ4v) is 3.22. The number of aromatic nitrogens is 3. The molecule has 10 heteroatoms. The molecular formula is C16H15Cl2N5O2S. The van der Waals surface area contributed by atoms with Gasteiger partial charge in [0.15, 0.2) is 0 Å². The first-order valence-corrected chi connectivity index (χ1v) is 10.1. The smallest absolute Gasteiger partial charge is 0.233 e. The van der Waals surface area contributed by atoms with E-state index in [0.29, 0.717) is 34.3 Å². The summed E-state index contributed by atoms with van der Waals surface area (Å²) in [6.07, 6.45) is 2.67. The molecule has 7 nitrogen and oxygen atoms in total. The van der Waals surface area contributed by atoms with Crippen molar-refractivity contribution in [2.75, 3.05) is 22.9 Å². The van der Waals surface area contributed by atoms with Crippen LogP contribution in [0.15, 0.2) is 36.5 Å². The normalized spacial score (nSPS) is 11.5. The number of nitrogens with one attached hydrogen (secondary N) is 1. The predicted molar refractivity (Wildman–Crippen MR) is 104 cm³/mol. The van der Waals surface area contributed by atoms with Gasteiger partial charge in [-0.3, -0.25) is 4.31 Å². The van der Waals surface area contributed by atoms with Crippen LogP contribution in [-0.4, -0.2) is 36.7 Å². The molecule has 1 aromatic carbocycles. The molecule has 0 atom stereocenters. The molecule has 0 aliphatic carbocycles. The quantitative estimate of drug-likeness (QED) is 0.647. The third-order valence-corrected chi connectivity index (χ3v) is 5.31. The maximum absolute atomic E-state index is 11.8. The number of nitrogens with zero attached hydrogens (tertiary/aromatic N) is 4. The molecule has 0 aliphatic heterocycles. The molecule has 3 rings (SSSR count). The van der Waals surface area contributed by atoms with Crippen molar-refractivity contribution in [3.8, 4) is 0 Å². The van der Waals surface area contributed by atoms with Crippen LogP contribution < -0.4 is 9.62 Å². The van der Waals surface area contributed by atoms with Crippen LogP contribution in [0.4, 0.5) is 11.6 Å². The number of hydrogen-bond acceptors (Lipinski definition) is 6. The number of anilines is 2. The number of halogens is 2. The minimum atomic E-state index is -3.43.